The molecule has 0 aliphatic rings. The van der Waals surface area contributed by atoms with Gasteiger partial charge in [-0.2, -0.15) is 0 Å². The molecule has 0 amide bonds. The first-order chi connectivity index (χ1) is 8.00. The number of hydrogen-bond acceptors (Lipinski definition) is 3. The fraction of sp³-hybridized carbons (Fsp3) is 0.231. The molecule has 0 saturated carbocycles. The summed E-state index contributed by atoms with van der Waals surface area (Å²) in [7, 11) is 0. The highest BCUT2D eigenvalue weighted by Crippen LogP contribution is 2.37. The van der Waals surface area contributed by atoms with Crippen LogP contribution in [-0.4, -0.2) is 5.11 Å². The summed E-state index contributed by atoms with van der Waals surface area (Å²) in [6, 6.07) is 5.82. The summed E-state index contributed by atoms with van der Waals surface area (Å²) in [4.78, 5) is 1.10. The van der Waals surface area contributed by atoms with E-state index in [1.54, 1.807) is 12.1 Å². The van der Waals surface area contributed by atoms with E-state index in [4.69, 9.17) is 5.73 Å². The first-order valence-electron chi connectivity index (χ1n) is 5.29. The summed E-state index contributed by atoms with van der Waals surface area (Å²) < 4.78 is 12.8. The van der Waals surface area contributed by atoms with E-state index in [1.807, 2.05) is 13.8 Å². The van der Waals surface area contributed by atoms with Gasteiger partial charge in [0.05, 0.1) is 5.00 Å². The van der Waals surface area contributed by atoms with Gasteiger partial charge in [-0.25, -0.2) is 4.39 Å². The molecule has 0 radical (unpaired) electrons. The Hall–Kier alpha value is -1.39. The van der Waals surface area contributed by atoms with Gasteiger partial charge in [0.1, 0.15) is 11.9 Å². The number of thiophene rings is 1. The minimum Gasteiger partial charge on any atom is -0.390 e. The van der Waals surface area contributed by atoms with Gasteiger partial charge in [0.15, 0.2) is 0 Å². The first-order valence-corrected chi connectivity index (χ1v) is 6.11. The van der Waals surface area contributed by atoms with Gasteiger partial charge in [-0.05, 0) is 37.1 Å². The van der Waals surface area contributed by atoms with Crippen LogP contribution in [0.3, 0.4) is 0 Å². The number of halogens is 1. The highest BCUT2D eigenvalue weighted by molar-refractivity contribution is 7.16. The van der Waals surface area contributed by atoms with Crippen LogP contribution in [0.15, 0.2) is 24.3 Å². The fourth-order valence-corrected chi connectivity index (χ4v) is 2.79. The van der Waals surface area contributed by atoms with E-state index in [2.05, 4.69) is 0 Å². The molecule has 2 rings (SSSR count). The maximum Gasteiger partial charge on any atom is 0.123 e. The Bertz CT molecular complexity index is 533. The zero-order chi connectivity index (χ0) is 12.6. The SMILES string of the molecule is Cc1sc(N)c(C(O)c2ccc(F)cc2)c1C. The number of anilines is 1. The molecule has 2 aromatic rings. The lowest BCUT2D eigenvalue weighted by Crippen LogP contribution is -2.03. The number of hydrogen-bond donors (Lipinski definition) is 2. The molecular weight excluding hydrogens is 237 g/mol. The van der Waals surface area contributed by atoms with Gasteiger partial charge in [-0.15, -0.1) is 11.3 Å². The second-order valence-electron chi connectivity index (χ2n) is 4.02. The molecule has 3 N–H and O–H groups in total. The van der Waals surface area contributed by atoms with Gasteiger partial charge >= 0.3 is 0 Å². The Morgan fingerprint density at radius 3 is 2.29 bits per heavy atom. The van der Waals surface area contributed by atoms with Crippen LogP contribution in [0.5, 0.6) is 0 Å². The highest BCUT2D eigenvalue weighted by atomic mass is 32.1. The van der Waals surface area contributed by atoms with Gasteiger partial charge in [-0.1, -0.05) is 12.1 Å². The third kappa shape index (κ3) is 2.18. The number of rotatable bonds is 2. The lowest BCUT2D eigenvalue weighted by atomic mass is 9.99. The van der Waals surface area contributed by atoms with E-state index in [-0.39, 0.29) is 5.82 Å². The number of nitrogen functional groups attached to an aromatic ring is 1. The van der Waals surface area contributed by atoms with E-state index >= 15 is 0 Å². The largest absolute Gasteiger partial charge is 0.390 e. The Labute approximate surface area is 104 Å². The first kappa shape index (κ1) is 12.1. The van der Waals surface area contributed by atoms with Crippen molar-refractivity contribution in [3.63, 3.8) is 0 Å². The lowest BCUT2D eigenvalue weighted by molar-refractivity contribution is 0.220. The Balaban J connectivity index is 2.43. The number of aryl methyl sites for hydroxylation is 1. The van der Waals surface area contributed by atoms with Crippen molar-refractivity contribution in [2.45, 2.75) is 20.0 Å². The van der Waals surface area contributed by atoms with Gasteiger partial charge in [0.25, 0.3) is 0 Å². The van der Waals surface area contributed by atoms with Crippen molar-refractivity contribution in [2.75, 3.05) is 5.73 Å². The Kier molecular flexibility index (Phi) is 3.17. The molecule has 17 heavy (non-hydrogen) atoms. The summed E-state index contributed by atoms with van der Waals surface area (Å²) >= 11 is 1.47. The lowest BCUT2D eigenvalue weighted by Gasteiger charge is -2.12. The van der Waals surface area contributed by atoms with Crippen molar-refractivity contribution in [3.05, 3.63) is 51.7 Å². The normalized spacial score (nSPS) is 12.7. The molecular formula is C13H14FNOS. The monoisotopic (exact) mass is 251 g/mol. The molecule has 1 atom stereocenters. The molecule has 0 aliphatic heterocycles. The van der Waals surface area contributed by atoms with Crippen LogP contribution in [0, 0.1) is 19.7 Å². The maximum atomic E-state index is 12.8. The topological polar surface area (TPSA) is 46.2 Å². The minimum absolute atomic E-state index is 0.313. The molecule has 0 saturated heterocycles. The standard InChI is InChI=1S/C13H14FNOS/c1-7-8(2)17-13(15)11(7)12(16)9-3-5-10(14)6-4-9/h3-6,12,16H,15H2,1-2H3. The van der Waals surface area contributed by atoms with Gasteiger partial charge in [0, 0.05) is 10.4 Å². The number of benzene rings is 1. The van der Waals surface area contributed by atoms with Crippen molar-refractivity contribution in [1.82, 2.24) is 0 Å². The molecule has 0 fully saturated rings. The molecule has 1 heterocycles. The van der Waals surface area contributed by atoms with Crippen LogP contribution < -0.4 is 5.73 Å². The predicted molar refractivity (Wildman–Crippen MR) is 68.7 cm³/mol. The Morgan fingerprint density at radius 1 is 1.24 bits per heavy atom. The summed E-state index contributed by atoms with van der Waals surface area (Å²) in [6.07, 6.45) is -0.791. The van der Waals surface area contributed by atoms with Crippen LogP contribution in [0.1, 0.15) is 27.7 Å². The van der Waals surface area contributed by atoms with Crippen LogP contribution in [0.25, 0.3) is 0 Å². The summed E-state index contributed by atoms with van der Waals surface area (Å²) in [5.74, 6) is -0.313. The molecule has 2 nitrogen and oxygen atoms in total. The third-order valence-electron chi connectivity index (χ3n) is 2.92. The molecule has 1 unspecified atom stereocenters. The van der Waals surface area contributed by atoms with E-state index in [0.29, 0.717) is 10.6 Å². The summed E-state index contributed by atoms with van der Waals surface area (Å²) in [5.41, 5.74) is 8.29. The average molecular weight is 251 g/mol. The molecule has 90 valence electrons. The van der Waals surface area contributed by atoms with Crippen molar-refractivity contribution in [3.8, 4) is 0 Å². The third-order valence-corrected chi connectivity index (χ3v) is 3.97. The smallest absolute Gasteiger partial charge is 0.123 e. The van der Waals surface area contributed by atoms with Gasteiger partial charge in [0.2, 0.25) is 0 Å². The van der Waals surface area contributed by atoms with Crippen LogP contribution in [-0.2, 0) is 0 Å². The quantitative estimate of drug-likeness (QED) is 0.861. The Morgan fingerprint density at radius 2 is 1.82 bits per heavy atom. The van der Waals surface area contributed by atoms with E-state index in [1.165, 1.54) is 23.5 Å². The molecule has 4 heteroatoms. The van der Waals surface area contributed by atoms with Gasteiger partial charge in [-0.3, -0.25) is 0 Å². The van der Waals surface area contributed by atoms with Crippen molar-refractivity contribution < 1.29 is 9.50 Å². The number of aliphatic hydroxyl groups excluding tert-OH is 1. The maximum absolute atomic E-state index is 12.8. The van der Waals surface area contributed by atoms with Crippen LogP contribution in [0.4, 0.5) is 9.39 Å². The predicted octanol–water partition coefficient (Wildman–Crippen LogP) is 3.17. The fourth-order valence-electron chi connectivity index (χ4n) is 1.82. The van der Waals surface area contributed by atoms with Crippen LogP contribution in [0.2, 0.25) is 0 Å². The van der Waals surface area contributed by atoms with E-state index in [0.717, 1.165) is 16.0 Å². The van der Waals surface area contributed by atoms with Gasteiger partial charge < -0.3 is 10.8 Å². The minimum atomic E-state index is -0.791. The molecule has 1 aromatic carbocycles. The number of nitrogens with two attached hydrogens (primary N) is 1. The van der Waals surface area contributed by atoms with Crippen molar-refractivity contribution in [2.24, 2.45) is 0 Å². The zero-order valence-electron chi connectivity index (χ0n) is 9.70. The summed E-state index contributed by atoms with van der Waals surface area (Å²) in [5, 5.41) is 10.9. The molecule has 0 aliphatic carbocycles. The van der Waals surface area contributed by atoms with E-state index in [9.17, 15) is 9.50 Å². The molecule has 1 aromatic heterocycles. The summed E-state index contributed by atoms with van der Waals surface area (Å²) in [6.45, 7) is 3.90. The second kappa shape index (κ2) is 4.47. The van der Waals surface area contributed by atoms with E-state index < -0.39 is 6.10 Å². The average Bonchev–Trinajstić information content (AvgIpc) is 2.53. The molecule has 0 bridgehead atoms. The highest BCUT2D eigenvalue weighted by Gasteiger charge is 2.19. The zero-order valence-corrected chi connectivity index (χ0v) is 10.5. The second-order valence-corrected chi connectivity index (χ2v) is 5.27. The van der Waals surface area contributed by atoms with Crippen molar-refractivity contribution in [1.29, 1.82) is 0 Å². The molecule has 0 spiro atoms. The van der Waals surface area contributed by atoms with Crippen LogP contribution >= 0.6 is 11.3 Å². The van der Waals surface area contributed by atoms with Crippen molar-refractivity contribution >= 4 is 16.3 Å². The number of aliphatic hydroxyl groups is 1.